The van der Waals surface area contributed by atoms with Crippen LogP contribution in [-0.2, 0) is 16.6 Å². The van der Waals surface area contributed by atoms with Crippen LogP contribution in [0, 0.1) is 0 Å². The lowest BCUT2D eigenvalue weighted by molar-refractivity contribution is 0.163. The van der Waals surface area contributed by atoms with Gasteiger partial charge in [-0.1, -0.05) is 53.2 Å². The Morgan fingerprint density at radius 1 is 1.00 bits per heavy atom. The van der Waals surface area contributed by atoms with Crippen molar-refractivity contribution < 1.29 is 12.9 Å². The summed E-state index contributed by atoms with van der Waals surface area (Å²) in [7, 11) is -3.54. The number of sulfonamides is 1. The summed E-state index contributed by atoms with van der Waals surface area (Å²) in [6, 6.07) is 16.0. The smallest absolute Gasteiger partial charge is 0.243 e. The molecule has 0 spiro atoms. The van der Waals surface area contributed by atoms with Gasteiger partial charge in [0.25, 0.3) is 0 Å². The van der Waals surface area contributed by atoms with Crippen LogP contribution in [0.3, 0.4) is 0 Å². The Balaban J connectivity index is 1.38. The lowest BCUT2D eigenvalue weighted by atomic mass is 10.2. The third kappa shape index (κ3) is 4.10. The normalized spacial score (nSPS) is 16.3. The highest BCUT2D eigenvalue weighted by molar-refractivity contribution is 7.89. The van der Waals surface area contributed by atoms with Crippen LogP contribution in [0.2, 0.25) is 5.02 Å². The molecule has 7 nitrogen and oxygen atoms in total. The molecule has 1 aliphatic heterocycles. The van der Waals surface area contributed by atoms with Crippen molar-refractivity contribution in [1.82, 2.24) is 19.3 Å². The second-order valence-electron chi connectivity index (χ2n) is 6.52. The van der Waals surface area contributed by atoms with E-state index in [9.17, 15) is 8.42 Å². The van der Waals surface area contributed by atoms with Gasteiger partial charge in [-0.05, 0) is 18.2 Å². The Labute approximate surface area is 168 Å². The summed E-state index contributed by atoms with van der Waals surface area (Å²) in [6.07, 6.45) is 0. The predicted molar refractivity (Wildman–Crippen MR) is 105 cm³/mol. The van der Waals surface area contributed by atoms with E-state index in [0.29, 0.717) is 49.5 Å². The number of hydrogen-bond acceptors (Lipinski definition) is 6. The predicted octanol–water partition coefficient (Wildman–Crippen LogP) is 2.90. The zero-order valence-electron chi connectivity index (χ0n) is 15.0. The summed E-state index contributed by atoms with van der Waals surface area (Å²) in [4.78, 5) is 6.76. The van der Waals surface area contributed by atoms with E-state index in [1.54, 1.807) is 18.2 Å². The molecule has 1 fully saturated rings. The minimum absolute atomic E-state index is 0.220. The Morgan fingerprint density at radius 2 is 1.75 bits per heavy atom. The molecule has 0 radical (unpaired) electrons. The lowest BCUT2D eigenvalue weighted by Gasteiger charge is -2.33. The van der Waals surface area contributed by atoms with Crippen LogP contribution in [0.1, 0.15) is 5.89 Å². The molecule has 3 aromatic rings. The lowest BCUT2D eigenvalue weighted by Crippen LogP contribution is -2.48. The van der Waals surface area contributed by atoms with Gasteiger partial charge in [0, 0.05) is 36.8 Å². The number of benzene rings is 2. The van der Waals surface area contributed by atoms with Gasteiger partial charge >= 0.3 is 0 Å². The molecular weight excluding hydrogens is 400 g/mol. The second-order valence-corrected chi connectivity index (χ2v) is 8.89. The highest BCUT2D eigenvalue weighted by atomic mass is 35.5. The van der Waals surface area contributed by atoms with Crippen molar-refractivity contribution in [3.8, 4) is 11.4 Å². The van der Waals surface area contributed by atoms with E-state index in [4.69, 9.17) is 16.1 Å². The molecule has 28 heavy (non-hydrogen) atoms. The summed E-state index contributed by atoms with van der Waals surface area (Å²) in [5.74, 6) is 1.07. The molecule has 1 aliphatic rings. The first kappa shape index (κ1) is 19.1. The number of rotatable bonds is 5. The molecule has 0 saturated carbocycles. The van der Waals surface area contributed by atoms with Crippen LogP contribution in [0.25, 0.3) is 11.4 Å². The molecule has 0 aliphatic carbocycles. The average Bonchev–Trinajstić information content (AvgIpc) is 3.18. The van der Waals surface area contributed by atoms with Crippen LogP contribution >= 0.6 is 11.6 Å². The van der Waals surface area contributed by atoms with Crippen molar-refractivity contribution in [3.63, 3.8) is 0 Å². The summed E-state index contributed by atoms with van der Waals surface area (Å²) in [5, 5.41) is 4.43. The largest absolute Gasteiger partial charge is 0.338 e. The third-order valence-corrected chi connectivity index (χ3v) is 6.75. The molecule has 0 amide bonds. The van der Waals surface area contributed by atoms with Gasteiger partial charge in [-0.2, -0.15) is 9.29 Å². The molecule has 146 valence electrons. The molecule has 1 aromatic heterocycles. The van der Waals surface area contributed by atoms with Crippen molar-refractivity contribution in [2.24, 2.45) is 0 Å². The quantitative estimate of drug-likeness (QED) is 0.633. The molecule has 2 aromatic carbocycles. The van der Waals surface area contributed by atoms with Crippen molar-refractivity contribution in [3.05, 3.63) is 65.5 Å². The summed E-state index contributed by atoms with van der Waals surface area (Å²) >= 11 is 5.94. The second kappa shape index (κ2) is 8.00. The minimum atomic E-state index is -3.54. The Hall–Kier alpha value is -2.26. The summed E-state index contributed by atoms with van der Waals surface area (Å²) < 4.78 is 32.4. The van der Waals surface area contributed by atoms with E-state index in [0.717, 1.165) is 5.56 Å². The maximum atomic E-state index is 12.8. The summed E-state index contributed by atoms with van der Waals surface area (Å²) in [6.45, 7) is 2.46. The van der Waals surface area contributed by atoms with Crippen LogP contribution in [0.5, 0.6) is 0 Å². The fourth-order valence-electron chi connectivity index (χ4n) is 3.12. The SMILES string of the molecule is O=S(=O)(c1cccc(Cl)c1)N1CCN(Cc2nc(-c3ccccc3)no2)CC1. The van der Waals surface area contributed by atoms with Gasteiger partial charge in [-0.3, -0.25) is 4.90 Å². The molecule has 0 bridgehead atoms. The molecule has 4 rings (SSSR count). The van der Waals surface area contributed by atoms with E-state index in [1.807, 2.05) is 30.3 Å². The van der Waals surface area contributed by atoms with Crippen molar-refractivity contribution in [1.29, 1.82) is 0 Å². The fraction of sp³-hybridized carbons (Fsp3) is 0.263. The number of nitrogens with zero attached hydrogens (tertiary/aromatic N) is 4. The first-order valence-electron chi connectivity index (χ1n) is 8.88. The van der Waals surface area contributed by atoms with Gasteiger partial charge in [0.05, 0.1) is 11.4 Å². The van der Waals surface area contributed by atoms with Crippen molar-refractivity contribution in [2.45, 2.75) is 11.4 Å². The van der Waals surface area contributed by atoms with Crippen LogP contribution in [0.4, 0.5) is 0 Å². The number of hydrogen-bond donors (Lipinski definition) is 0. The number of halogens is 1. The molecule has 9 heteroatoms. The molecule has 2 heterocycles. The van der Waals surface area contributed by atoms with E-state index < -0.39 is 10.0 Å². The van der Waals surface area contributed by atoms with Gasteiger partial charge in [-0.25, -0.2) is 8.42 Å². The number of piperazine rings is 1. The van der Waals surface area contributed by atoms with E-state index >= 15 is 0 Å². The topological polar surface area (TPSA) is 79.5 Å². The van der Waals surface area contributed by atoms with Crippen molar-refractivity contribution >= 4 is 21.6 Å². The van der Waals surface area contributed by atoms with Gasteiger partial charge < -0.3 is 4.52 Å². The van der Waals surface area contributed by atoms with E-state index in [1.165, 1.54) is 10.4 Å². The maximum absolute atomic E-state index is 12.8. The van der Waals surface area contributed by atoms with Crippen LogP contribution in [-0.4, -0.2) is 53.9 Å². The highest BCUT2D eigenvalue weighted by Gasteiger charge is 2.29. The molecule has 1 saturated heterocycles. The van der Waals surface area contributed by atoms with Crippen LogP contribution in [0.15, 0.2) is 64.0 Å². The number of aromatic nitrogens is 2. The standard InChI is InChI=1S/C19H19ClN4O3S/c20-16-7-4-8-17(13-16)28(25,26)24-11-9-23(10-12-24)14-18-21-19(22-27-18)15-5-2-1-3-6-15/h1-8,13H,9-12,14H2. The fourth-order valence-corrected chi connectivity index (χ4v) is 4.84. The maximum Gasteiger partial charge on any atom is 0.243 e. The zero-order valence-corrected chi connectivity index (χ0v) is 16.6. The van der Waals surface area contributed by atoms with Gasteiger partial charge in [0.2, 0.25) is 21.7 Å². The van der Waals surface area contributed by atoms with Crippen molar-refractivity contribution in [2.75, 3.05) is 26.2 Å². The molecule has 0 atom stereocenters. The van der Waals surface area contributed by atoms with Gasteiger partial charge in [0.15, 0.2) is 0 Å². The zero-order chi connectivity index (χ0) is 19.6. The third-order valence-electron chi connectivity index (χ3n) is 4.62. The van der Waals surface area contributed by atoms with E-state index in [-0.39, 0.29) is 4.90 Å². The highest BCUT2D eigenvalue weighted by Crippen LogP contribution is 2.21. The minimum Gasteiger partial charge on any atom is -0.338 e. The Kier molecular flexibility index (Phi) is 5.45. The summed E-state index contributed by atoms with van der Waals surface area (Å²) in [5.41, 5.74) is 0.898. The van der Waals surface area contributed by atoms with Crippen LogP contribution < -0.4 is 0 Å². The monoisotopic (exact) mass is 418 g/mol. The van der Waals surface area contributed by atoms with Gasteiger partial charge in [0.1, 0.15) is 0 Å². The van der Waals surface area contributed by atoms with E-state index in [2.05, 4.69) is 15.0 Å². The Morgan fingerprint density at radius 3 is 2.46 bits per heavy atom. The first-order chi connectivity index (χ1) is 13.5. The Bertz CT molecular complexity index is 1050. The average molecular weight is 419 g/mol. The molecule has 0 unspecified atom stereocenters. The van der Waals surface area contributed by atoms with Gasteiger partial charge in [-0.15, -0.1) is 0 Å². The molecular formula is C19H19ClN4O3S. The first-order valence-corrected chi connectivity index (χ1v) is 10.7. The molecule has 0 N–H and O–H groups in total.